The van der Waals surface area contributed by atoms with E-state index in [0.717, 1.165) is 27.9 Å². The van der Waals surface area contributed by atoms with Crippen LogP contribution < -0.4 is 14.2 Å². The van der Waals surface area contributed by atoms with Crippen molar-refractivity contribution in [3.05, 3.63) is 109 Å². The second-order valence-corrected chi connectivity index (χ2v) is 13.4. The SMILES string of the molecule is O=S(=O)(O)CCCCN1C(=Cc2oc3ccc(-c4ccccc4)cc3[n+]2CS(=O)(=O)O)Oc2ccc(-c3ccccc3)cc21. The number of anilines is 1. The summed E-state index contributed by atoms with van der Waals surface area (Å²) in [5.74, 6) is -0.134. The molecular formula is C32H29N2O8S2+. The van der Waals surface area contributed by atoms with Crippen LogP contribution in [0.3, 0.4) is 0 Å². The van der Waals surface area contributed by atoms with Gasteiger partial charge in [0.05, 0.1) is 11.4 Å². The number of rotatable bonds is 10. The Labute approximate surface area is 254 Å². The minimum atomic E-state index is -4.47. The van der Waals surface area contributed by atoms with Gasteiger partial charge in [-0.2, -0.15) is 16.8 Å². The van der Waals surface area contributed by atoms with Gasteiger partial charge in [0.25, 0.3) is 21.5 Å². The summed E-state index contributed by atoms with van der Waals surface area (Å²) in [6.07, 6.45) is 2.17. The molecule has 0 aliphatic carbocycles. The van der Waals surface area contributed by atoms with Gasteiger partial charge in [-0.1, -0.05) is 72.8 Å². The number of ether oxygens (including phenoxy) is 1. The van der Waals surface area contributed by atoms with Gasteiger partial charge in [0.1, 0.15) is 6.08 Å². The standard InChI is InChI=1S/C32H28N2O8S2/c35-43(36,37)18-8-7-17-33-27-19-25(23-9-3-1-4-10-23)13-15-29(27)41-31(33)21-32-34(22-44(38,39)40)28-20-26(14-16-30(28)42-32)24-11-5-2-6-12-24/h1-6,9-16,19-21H,7-8,17-18,22H2,(H-,35,36,37,38,39,40)/p+1. The topological polar surface area (TPSA) is 138 Å². The maximum Gasteiger partial charge on any atom is 0.380 e. The van der Waals surface area contributed by atoms with Gasteiger partial charge in [-0.05, 0) is 53.3 Å². The Bertz CT molecular complexity index is 2080. The zero-order valence-corrected chi connectivity index (χ0v) is 25.0. The largest absolute Gasteiger partial charge is 0.438 e. The third-order valence-corrected chi connectivity index (χ3v) is 8.64. The molecule has 6 rings (SSSR count). The fourth-order valence-corrected chi connectivity index (χ4v) is 6.39. The molecule has 0 spiro atoms. The minimum Gasteiger partial charge on any atom is -0.438 e. The van der Waals surface area contributed by atoms with Crippen LogP contribution in [-0.4, -0.2) is 38.2 Å². The molecule has 5 aromatic rings. The van der Waals surface area contributed by atoms with Crippen molar-refractivity contribution in [2.75, 3.05) is 17.2 Å². The molecule has 0 atom stereocenters. The highest BCUT2D eigenvalue weighted by Gasteiger charge is 2.32. The van der Waals surface area contributed by atoms with Crippen LogP contribution in [0, 0.1) is 0 Å². The number of fused-ring (bicyclic) bond motifs is 2. The van der Waals surface area contributed by atoms with E-state index < -0.39 is 26.1 Å². The zero-order chi connectivity index (χ0) is 30.9. The quantitative estimate of drug-likeness (QED) is 0.112. The van der Waals surface area contributed by atoms with Crippen LogP contribution in [0.1, 0.15) is 18.7 Å². The molecule has 10 nitrogen and oxygen atoms in total. The molecule has 1 aliphatic rings. The predicted molar refractivity (Wildman–Crippen MR) is 167 cm³/mol. The molecule has 1 aromatic heterocycles. The first-order valence-electron chi connectivity index (χ1n) is 13.8. The summed E-state index contributed by atoms with van der Waals surface area (Å²) in [4.78, 5) is 1.85. The lowest BCUT2D eigenvalue weighted by Crippen LogP contribution is -2.39. The van der Waals surface area contributed by atoms with Gasteiger partial charge in [-0.15, -0.1) is 4.57 Å². The molecule has 2 N–H and O–H groups in total. The summed E-state index contributed by atoms with van der Waals surface area (Å²) in [5, 5.41) is 0. The first-order chi connectivity index (χ1) is 21.0. The summed E-state index contributed by atoms with van der Waals surface area (Å²) in [6.45, 7) is 0.337. The number of unbranched alkanes of at least 4 members (excludes halogenated alkanes) is 1. The van der Waals surface area contributed by atoms with Gasteiger partial charge in [0.2, 0.25) is 11.5 Å². The average Bonchev–Trinajstić information content (AvgIpc) is 3.51. The van der Waals surface area contributed by atoms with E-state index in [2.05, 4.69) is 0 Å². The highest BCUT2D eigenvalue weighted by molar-refractivity contribution is 7.85. The Hall–Kier alpha value is -4.49. The fraction of sp³-hybridized carbons (Fsp3) is 0.156. The minimum absolute atomic E-state index is 0.122. The summed E-state index contributed by atoms with van der Waals surface area (Å²) in [6, 6.07) is 30.5. The lowest BCUT2D eigenvalue weighted by Gasteiger charge is -2.18. The summed E-state index contributed by atoms with van der Waals surface area (Å²) in [5.41, 5.74) is 5.29. The Kier molecular flexibility index (Phi) is 7.99. The molecule has 0 saturated heterocycles. The van der Waals surface area contributed by atoms with Gasteiger partial charge in [0.15, 0.2) is 5.75 Å². The van der Waals surface area contributed by atoms with E-state index in [9.17, 15) is 25.9 Å². The van der Waals surface area contributed by atoms with Crippen molar-refractivity contribution in [1.82, 2.24) is 0 Å². The van der Waals surface area contributed by atoms with Gasteiger partial charge >= 0.3 is 16.0 Å². The van der Waals surface area contributed by atoms with Crippen molar-refractivity contribution < 1.29 is 39.7 Å². The van der Waals surface area contributed by atoms with E-state index in [1.165, 1.54) is 4.57 Å². The van der Waals surface area contributed by atoms with E-state index in [1.807, 2.05) is 89.8 Å². The third-order valence-electron chi connectivity index (χ3n) is 7.25. The van der Waals surface area contributed by atoms with Crippen LogP contribution in [0.15, 0.2) is 107 Å². The molecule has 0 bridgehead atoms. The molecule has 4 aromatic carbocycles. The first kappa shape index (κ1) is 29.6. The second-order valence-electron chi connectivity index (χ2n) is 10.4. The number of hydrogen-bond acceptors (Lipinski definition) is 7. The van der Waals surface area contributed by atoms with Crippen molar-refractivity contribution in [2.24, 2.45) is 0 Å². The van der Waals surface area contributed by atoms with E-state index in [-0.39, 0.29) is 18.1 Å². The molecule has 0 amide bonds. The number of benzene rings is 4. The van der Waals surface area contributed by atoms with Gasteiger partial charge in [0, 0.05) is 12.6 Å². The molecule has 2 heterocycles. The van der Waals surface area contributed by atoms with E-state index in [0.29, 0.717) is 35.7 Å². The molecule has 1 aliphatic heterocycles. The predicted octanol–water partition coefficient (Wildman–Crippen LogP) is 5.77. The first-order valence-corrected chi connectivity index (χ1v) is 17.0. The molecule has 0 radical (unpaired) electrons. The lowest BCUT2D eigenvalue weighted by atomic mass is 10.0. The molecule has 0 unspecified atom stereocenters. The Morgan fingerprint density at radius 3 is 2.00 bits per heavy atom. The van der Waals surface area contributed by atoms with Crippen LogP contribution in [0.25, 0.3) is 39.4 Å². The molecule has 226 valence electrons. The number of nitrogens with zero attached hydrogens (tertiary/aromatic N) is 2. The van der Waals surface area contributed by atoms with E-state index in [1.54, 1.807) is 18.2 Å². The monoisotopic (exact) mass is 633 g/mol. The number of aromatic nitrogens is 1. The summed E-state index contributed by atoms with van der Waals surface area (Å²) >= 11 is 0. The fourth-order valence-electron chi connectivity index (χ4n) is 5.22. The van der Waals surface area contributed by atoms with Crippen molar-refractivity contribution in [3.8, 4) is 28.0 Å². The van der Waals surface area contributed by atoms with Gasteiger partial charge in [-0.25, -0.2) is 0 Å². The maximum absolute atomic E-state index is 12.1. The molecule has 44 heavy (non-hydrogen) atoms. The Balaban J connectivity index is 1.43. The molecule has 0 saturated carbocycles. The molecular weight excluding hydrogens is 604 g/mol. The summed E-state index contributed by atoms with van der Waals surface area (Å²) in [7, 11) is -8.58. The van der Waals surface area contributed by atoms with Crippen molar-refractivity contribution in [1.29, 1.82) is 0 Å². The smallest absolute Gasteiger partial charge is 0.380 e. The Morgan fingerprint density at radius 1 is 0.727 bits per heavy atom. The lowest BCUT2D eigenvalue weighted by molar-refractivity contribution is -0.658. The van der Waals surface area contributed by atoms with E-state index >= 15 is 0 Å². The van der Waals surface area contributed by atoms with Crippen LogP contribution in [0.4, 0.5) is 5.69 Å². The van der Waals surface area contributed by atoms with Crippen LogP contribution in [-0.2, 0) is 26.1 Å². The Morgan fingerprint density at radius 2 is 1.36 bits per heavy atom. The van der Waals surface area contributed by atoms with Crippen LogP contribution in [0.5, 0.6) is 5.75 Å². The second kappa shape index (κ2) is 11.9. The van der Waals surface area contributed by atoms with Gasteiger partial charge in [-0.3, -0.25) is 9.11 Å². The molecule has 12 heteroatoms. The highest BCUT2D eigenvalue weighted by Crippen LogP contribution is 2.42. The van der Waals surface area contributed by atoms with Crippen LogP contribution in [0.2, 0.25) is 0 Å². The average molecular weight is 634 g/mol. The van der Waals surface area contributed by atoms with Crippen LogP contribution >= 0.6 is 0 Å². The maximum atomic E-state index is 12.1. The van der Waals surface area contributed by atoms with E-state index in [4.69, 9.17) is 9.15 Å². The van der Waals surface area contributed by atoms with Crippen molar-refractivity contribution in [3.63, 3.8) is 0 Å². The summed E-state index contributed by atoms with van der Waals surface area (Å²) < 4.78 is 79.6. The normalized spacial score (nSPS) is 14.2. The number of oxazole rings is 1. The number of hydrogen-bond donors (Lipinski definition) is 2. The van der Waals surface area contributed by atoms with Crippen molar-refractivity contribution in [2.45, 2.75) is 18.7 Å². The molecule has 0 fully saturated rings. The highest BCUT2D eigenvalue weighted by atomic mass is 32.2. The van der Waals surface area contributed by atoms with Crippen molar-refractivity contribution >= 4 is 43.1 Å². The zero-order valence-electron chi connectivity index (χ0n) is 23.4. The third kappa shape index (κ3) is 6.68. The van der Waals surface area contributed by atoms with Gasteiger partial charge < -0.3 is 14.1 Å².